The number of carbonyl (C=O) groups excluding carboxylic acids is 2. The number of halogens is 4. The van der Waals surface area contributed by atoms with E-state index in [1.165, 1.54) is 12.1 Å². The Balaban J connectivity index is 1.58. The summed E-state index contributed by atoms with van der Waals surface area (Å²) >= 11 is 7.12. The maximum atomic E-state index is 12.8. The summed E-state index contributed by atoms with van der Waals surface area (Å²) in [6.45, 7) is 2.44. The first-order valence-corrected chi connectivity index (χ1v) is 11.1. The van der Waals surface area contributed by atoms with Gasteiger partial charge in [-0.1, -0.05) is 41.6 Å². The molecule has 174 valence electrons. The molecule has 0 aliphatic rings. The van der Waals surface area contributed by atoms with Crippen molar-refractivity contribution in [1.82, 2.24) is 20.1 Å². The number of benzene rings is 2. The number of alkyl halides is 3. The molecule has 0 unspecified atom stereocenters. The second kappa shape index (κ2) is 10.7. The van der Waals surface area contributed by atoms with Gasteiger partial charge in [-0.3, -0.25) is 9.59 Å². The van der Waals surface area contributed by atoms with Gasteiger partial charge in [0, 0.05) is 12.2 Å². The summed E-state index contributed by atoms with van der Waals surface area (Å²) in [5.41, 5.74) is -0.458. The monoisotopic (exact) mass is 497 g/mol. The molecule has 0 atom stereocenters. The molecule has 2 aromatic carbocycles. The highest BCUT2D eigenvalue weighted by molar-refractivity contribution is 7.99. The number of thioether (sulfide) groups is 1. The predicted molar refractivity (Wildman–Crippen MR) is 119 cm³/mol. The maximum Gasteiger partial charge on any atom is 0.416 e. The van der Waals surface area contributed by atoms with Crippen molar-refractivity contribution in [1.29, 1.82) is 0 Å². The van der Waals surface area contributed by atoms with Gasteiger partial charge in [-0.05, 0) is 37.3 Å². The van der Waals surface area contributed by atoms with Gasteiger partial charge in [0.15, 0.2) is 11.0 Å². The molecule has 3 aromatic rings. The van der Waals surface area contributed by atoms with Crippen molar-refractivity contribution in [2.75, 3.05) is 11.1 Å². The number of amides is 2. The molecule has 0 radical (unpaired) electrons. The van der Waals surface area contributed by atoms with Crippen LogP contribution in [0.2, 0.25) is 5.02 Å². The smallest absolute Gasteiger partial charge is 0.345 e. The number of nitrogens with zero attached hydrogens (tertiary/aromatic N) is 3. The number of nitrogens with one attached hydrogen (secondary N) is 2. The maximum absolute atomic E-state index is 12.8. The average molecular weight is 498 g/mol. The Hall–Kier alpha value is -3.05. The van der Waals surface area contributed by atoms with Gasteiger partial charge in [0.25, 0.3) is 5.91 Å². The van der Waals surface area contributed by atoms with E-state index in [2.05, 4.69) is 20.8 Å². The molecular weight excluding hydrogens is 479 g/mol. The molecule has 0 spiro atoms. The number of carbonyl (C=O) groups is 2. The molecule has 12 heteroatoms. The van der Waals surface area contributed by atoms with E-state index < -0.39 is 17.6 Å². The minimum Gasteiger partial charge on any atom is -0.345 e. The third-order valence-corrected chi connectivity index (χ3v) is 5.74. The van der Waals surface area contributed by atoms with Crippen LogP contribution in [0.3, 0.4) is 0 Å². The third kappa shape index (κ3) is 6.48. The first kappa shape index (κ1) is 24.6. The summed E-state index contributed by atoms with van der Waals surface area (Å²) in [6.07, 6.45) is -4.50. The summed E-state index contributed by atoms with van der Waals surface area (Å²) < 4.78 is 40.2. The highest BCUT2D eigenvalue weighted by Crippen LogP contribution is 2.30. The Morgan fingerprint density at radius 2 is 1.88 bits per heavy atom. The summed E-state index contributed by atoms with van der Waals surface area (Å²) in [6, 6.07) is 11.1. The second-order valence-electron chi connectivity index (χ2n) is 6.72. The van der Waals surface area contributed by atoms with Gasteiger partial charge in [0.2, 0.25) is 5.91 Å². The van der Waals surface area contributed by atoms with E-state index in [4.69, 9.17) is 11.6 Å². The standard InChI is InChI=1S/C21H19ClF3N5O2S/c1-2-30-17(11-26-19(32)15-8-3-4-9-16(15)22)28-29-20(30)33-12-18(31)27-14-7-5-6-13(10-14)21(23,24)25/h3-10H,2,11-12H2,1H3,(H,26,32)(H,27,31). The number of aromatic nitrogens is 3. The second-order valence-corrected chi connectivity index (χ2v) is 8.07. The Morgan fingerprint density at radius 1 is 1.12 bits per heavy atom. The normalized spacial score (nSPS) is 11.3. The molecule has 2 amide bonds. The number of hydrogen-bond donors (Lipinski definition) is 2. The van der Waals surface area contributed by atoms with Crippen LogP contribution in [0.5, 0.6) is 0 Å². The fourth-order valence-corrected chi connectivity index (χ4v) is 3.92. The highest BCUT2D eigenvalue weighted by Gasteiger charge is 2.30. The Bertz CT molecular complexity index is 1150. The molecule has 33 heavy (non-hydrogen) atoms. The summed E-state index contributed by atoms with van der Waals surface area (Å²) in [5.74, 6) is -0.446. The van der Waals surface area contributed by atoms with E-state index in [-0.39, 0.29) is 23.9 Å². The van der Waals surface area contributed by atoms with Gasteiger partial charge in [0.05, 0.1) is 28.4 Å². The molecule has 7 nitrogen and oxygen atoms in total. The lowest BCUT2D eigenvalue weighted by atomic mass is 10.2. The van der Waals surface area contributed by atoms with Gasteiger partial charge >= 0.3 is 6.18 Å². The van der Waals surface area contributed by atoms with Crippen LogP contribution in [-0.4, -0.2) is 32.3 Å². The topological polar surface area (TPSA) is 88.9 Å². The van der Waals surface area contributed by atoms with Crippen molar-refractivity contribution in [2.45, 2.75) is 31.3 Å². The Morgan fingerprint density at radius 3 is 2.58 bits per heavy atom. The molecule has 0 bridgehead atoms. The number of anilines is 1. The van der Waals surface area contributed by atoms with Crippen LogP contribution in [0.4, 0.5) is 18.9 Å². The fraction of sp³-hybridized carbons (Fsp3) is 0.238. The summed E-state index contributed by atoms with van der Waals surface area (Å²) in [5, 5.41) is 14.1. The molecule has 1 heterocycles. The third-order valence-electron chi connectivity index (χ3n) is 4.44. The predicted octanol–water partition coefficient (Wildman–Crippen LogP) is 4.63. The van der Waals surface area contributed by atoms with E-state index in [1.54, 1.807) is 28.8 Å². The minimum atomic E-state index is -4.50. The Kier molecular flexibility index (Phi) is 7.98. The lowest BCUT2D eigenvalue weighted by molar-refractivity contribution is -0.137. The van der Waals surface area contributed by atoms with E-state index in [0.29, 0.717) is 28.1 Å². The zero-order valence-electron chi connectivity index (χ0n) is 17.3. The van der Waals surface area contributed by atoms with Crippen LogP contribution in [-0.2, 0) is 24.1 Å². The molecule has 0 saturated heterocycles. The van der Waals surface area contributed by atoms with Crippen LogP contribution in [0.1, 0.15) is 28.7 Å². The lowest BCUT2D eigenvalue weighted by Crippen LogP contribution is -2.25. The number of hydrogen-bond acceptors (Lipinski definition) is 5. The van der Waals surface area contributed by atoms with Crippen LogP contribution >= 0.6 is 23.4 Å². The van der Waals surface area contributed by atoms with Gasteiger partial charge in [-0.2, -0.15) is 13.2 Å². The quantitative estimate of drug-likeness (QED) is 0.443. The fourth-order valence-electron chi connectivity index (χ4n) is 2.87. The molecule has 3 rings (SSSR count). The minimum absolute atomic E-state index is 0.0513. The first-order chi connectivity index (χ1) is 15.7. The highest BCUT2D eigenvalue weighted by atomic mass is 35.5. The van der Waals surface area contributed by atoms with E-state index in [1.807, 2.05) is 6.92 Å². The van der Waals surface area contributed by atoms with Crippen molar-refractivity contribution in [3.05, 3.63) is 70.5 Å². The molecule has 0 aliphatic heterocycles. The van der Waals surface area contributed by atoms with Gasteiger partial charge in [-0.25, -0.2) is 0 Å². The molecule has 1 aromatic heterocycles. The van der Waals surface area contributed by atoms with Crippen molar-refractivity contribution >= 4 is 40.9 Å². The SMILES string of the molecule is CCn1c(CNC(=O)c2ccccc2Cl)nnc1SCC(=O)Nc1cccc(C(F)(F)F)c1. The first-order valence-electron chi connectivity index (χ1n) is 9.73. The summed E-state index contributed by atoms with van der Waals surface area (Å²) in [7, 11) is 0. The molecule has 0 saturated carbocycles. The van der Waals surface area contributed by atoms with Crippen molar-refractivity contribution in [3.63, 3.8) is 0 Å². The zero-order valence-corrected chi connectivity index (χ0v) is 18.9. The summed E-state index contributed by atoms with van der Waals surface area (Å²) in [4.78, 5) is 24.6. The van der Waals surface area contributed by atoms with Gasteiger partial charge < -0.3 is 15.2 Å². The van der Waals surface area contributed by atoms with Crippen LogP contribution in [0, 0.1) is 0 Å². The lowest BCUT2D eigenvalue weighted by Gasteiger charge is -2.10. The Labute approximate surface area is 196 Å². The van der Waals surface area contributed by atoms with Crippen LogP contribution < -0.4 is 10.6 Å². The molecule has 0 aliphatic carbocycles. The molecule has 0 fully saturated rings. The van der Waals surface area contributed by atoms with Crippen LogP contribution in [0.15, 0.2) is 53.7 Å². The van der Waals surface area contributed by atoms with Crippen molar-refractivity contribution in [3.8, 4) is 0 Å². The van der Waals surface area contributed by atoms with E-state index in [0.717, 1.165) is 23.9 Å². The average Bonchev–Trinajstić information content (AvgIpc) is 3.17. The van der Waals surface area contributed by atoms with Gasteiger partial charge in [-0.15, -0.1) is 10.2 Å². The van der Waals surface area contributed by atoms with E-state index in [9.17, 15) is 22.8 Å². The van der Waals surface area contributed by atoms with Gasteiger partial charge in [0.1, 0.15) is 0 Å². The number of rotatable bonds is 8. The van der Waals surface area contributed by atoms with Crippen LogP contribution in [0.25, 0.3) is 0 Å². The zero-order chi connectivity index (χ0) is 24.0. The molecular formula is C21H19ClF3N5O2S. The van der Waals surface area contributed by atoms with E-state index >= 15 is 0 Å². The van der Waals surface area contributed by atoms with Crippen molar-refractivity contribution in [2.24, 2.45) is 0 Å². The molecule has 2 N–H and O–H groups in total. The largest absolute Gasteiger partial charge is 0.416 e. The van der Waals surface area contributed by atoms with Crippen molar-refractivity contribution < 1.29 is 22.8 Å².